The van der Waals surface area contributed by atoms with Crippen molar-refractivity contribution in [3.8, 4) is 6.07 Å². The highest BCUT2D eigenvalue weighted by Crippen LogP contribution is 2.53. The van der Waals surface area contributed by atoms with Crippen LogP contribution in [0.1, 0.15) is 19.4 Å². The van der Waals surface area contributed by atoms with E-state index in [1.807, 2.05) is 50.3 Å². The minimum Gasteiger partial charge on any atom is -0.387 e. The first-order valence-electron chi connectivity index (χ1n) is 9.21. The van der Waals surface area contributed by atoms with E-state index in [1.165, 1.54) is 0 Å². The van der Waals surface area contributed by atoms with Gasteiger partial charge in [0.2, 0.25) is 5.91 Å². The van der Waals surface area contributed by atoms with E-state index in [-0.39, 0.29) is 11.5 Å². The first-order valence-corrected chi connectivity index (χ1v) is 9.21. The zero-order chi connectivity index (χ0) is 20.1. The third kappa shape index (κ3) is 2.36. The highest BCUT2D eigenvalue weighted by atomic mass is 16.3. The molecule has 2 aromatic rings. The number of anilines is 1. The van der Waals surface area contributed by atoms with Crippen molar-refractivity contribution in [1.82, 2.24) is 9.78 Å². The molecule has 1 aliphatic heterocycles. The number of benzene rings is 1. The van der Waals surface area contributed by atoms with Crippen LogP contribution in [0, 0.1) is 16.7 Å². The van der Waals surface area contributed by atoms with Crippen molar-refractivity contribution >= 4 is 11.7 Å². The van der Waals surface area contributed by atoms with Crippen LogP contribution >= 0.6 is 0 Å². The largest absolute Gasteiger partial charge is 0.387 e. The van der Waals surface area contributed by atoms with Gasteiger partial charge in [0.25, 0.3) is 0 Å². The number of aliphatic hydroxyl groups excluding tert-OH is 1. The summed E-state index contributed by atoms with van der Waals surface area (Å²) in [6, 6.07) is 13.4. The van der Waals surface area contributed by atoms with Gasteiger partial charge < -0.3 is 5.11 Å². The monoisotopic (exact) mass is 374 g/mol. The Kier molecular flexibility index (Phi) is 4.02. The third-order valence-corrected chi connectivity index (χ3v) is 5.86. The molecule has 1 aromatic carbocycles. The van der Waals surface area contributed by atoms with Gasteiger partial charge in [-0.05, 0) is 17.2 Å². The molecule has 2 atom stereocenters. The molecule has 142 valence electrons. The Balaban J connectivity index is 2.01. The van der Waals surface area contributed by atoms with Crippen LogP contribution in [-0.4, -0.2) is 33.4 Å². The average molecular weight is 374 g/mol. The van der Waals surface area contributed by atoms with Crippen LogP contribution in [0.25, 0.3) is 0 Å². The first-order chi connectivity index (χ1) is 13.3. The maximum absolute atomic E-state index is 13.9. The Hall–Kier alpha value is -3.17. The summed E-state index contributed by atoms with van der Waals surface area (Å²) in [6.07, 6.45) is 4.47. The molecule has 0 fully saturated rings. The summed E-state index contributed by atoms with van der Waals surface area (Å²) < 4.78 is 1.65. The van der Waals surface area contributed by atoms with Gasteiger partial charge in [-0.15, -0.1) is 0 Å². The number of hydrogen-bond acceptors (Lipinski definition) is 4. The maximum atomic E-state index is 13.9. The van der Waals surface area contributed by atoms with E-state index in [2.05, 4.69) is 11.2 Å². The van der Waals surface area contributed by atoms with Gasteiger partial charge in [-0.2, -0.15) is 10.4 Å². The molecule has 4 rings (SSSR count). The van der Waals surface area contributed by atoms with Crippen LogP contribution in [-0.2, 0) is 17.3 Å². The molecular weight excluding hydrogens is 352 g/mol. The fourth-order valence-electron chi connectivity index (χ4n) is 4.41. The predicted molar refractivity (Wildman–Crippen MR) is 105 cm³/mol. The summed E-state index contributed by atoms with van der Waals surface area (Å²) in [4.78, 5) is 15.6. The highest BCUT2D eigenvalue weighted by molar-refractivity contribution is 6.07. The minimum absolute atomic E-state index is 0.164. The molecule has 1 unspecified atom stereocenters. The van der Waals surface area contributed by atoms with Crippen molar-refractivity contribution in [3.63, 3.8) is 0 Å². The first kappa shape index (κ1) is 18.2. The minimum atomic E-state index is -1.15. The number of fused-ring (bicyclic) bond motifs is 1. The molecular formula is C22H22N4O2. The van der Waals surface area contributed by atoms with Crippen LogP contribution in [0.2, 0.25) is 0 Å². The van der Waals surface area contributed by atoms with Gasteiger partial charge in [-0.25, -0.2) is 0 Å². The Bertz CT molecular complexity index is 1040. The van der Waals surface area contributed by atoms with Crippen molar-refractivity contribution in [2.75, 3.05) is 11.4 Å². The lowest BCUT2D eigenvalue weighted by Crippen LogP contribution is -2.57. The summed E-state index contributed by atoms with van der Waals surface area (Å²) in [7, 11) is 1.81. The molecule has 0 saturated carbocycles. The third-order valence-electron chi connectivity index (χ3n) is 5.86. The van der Waals surface area contributed by atoms with Crippen molar-refractivity contribution in [3.05, 3.63) is 71.5 Å². The topological polar surface area (TPSA) is 82.1 Å². The zero-order valence-electron chi connectivity index (χ0n) is 16.1. The molecule has 6 nitrogen and oxygen atoms in total. The van der Waals surface area contributed by atoms with E-state index in [0.717, 1.165) is 11.1 Å². The molecule has 2 heterocycles. The molecule has 0 saturated heterocycles. The Morgan fingerprint density at radius 1 is 1.25 bits per heavy atom. The lowest BCUT2D eigenvalue weighted by Gasteiger charge is -2.50. The molecule has 1 N–H and O–H groups in total. The molecule has 6 heteroatoms. The Morgan fingerprint density at radius 2 is 1.96 bits per heavy atom. The lowest BCUT2D eigenvalue weighted by atomic mass is 9.56. The second kappa shape index (κ2) is 6.18. The Morgan fingerprint density at radius 3 is 2.57 bits per heavy atom. The molecule has 1 amide bonds. The SMILES string of the molecule is Cn1ccc(N2CC=C3C(C)(C)C(O)C(C#N)=C[C@]3(c3ccccc3)C2=O)n1. The van der Waals surface area contributed by atoms with Crippen molar-refractivity contribution in [2.45, 2.75) is 25.4 Å². The van der Waals surface area contributed by atoms with Crippen LogP contribution in [0.4, 0.5) is 5.82 Å². The molecule has 0 spiro atoms. The molecule has 1 aromatic heterocycles. The molecule has 1 aliphatic carbocycles. The lowest BCUT2D eigenvalue weighted by molar-refractivity contribution is -0.122. The quantitative estimate of drug-likeness (QED) is 0.819. The zero-order valence-corrected chi connectivity index (χ0v) is 16.1. The van der Waals surface area contributed by atoms with E-state index in [1.54, 1.807) is 35.0 Å². The van der Waals surface area contributed by atoms with Gasteiger partial charge in [0, 0.05) is 31.3 Å². The van der Waals surface area contributed by atoms with E-state index >= 15 is 0 Å². The summed E-state index contributed by atoms with van der Waals surface area (Å²) in [6.45, 7) is 4.14. The maximum Gasteiger partial charge on any atom is 0.247 e. The van der Waals surface area contributed by atoms with Gasteiger partial charge in [0.15, 0.2) is 5.82 Å². The van der Waals surface area contributed by atoms with Crippen molar-refractivity contribution < 1.29 is 9.90 Å². The smallest absolute Gasteiger partial charge is 0.247 e. The number of aromatic nitrogens is 2. The molecule has 0 bridgehead atoms. The number of rotatable bonds is 2. The summed E-state index contributed by atoms with van der Waals surface area (Å²) >= 11 is 0. The van der Waals surface area contributed by atoms with E-state index in [4.69, 9.17) is 0 Å². The van der Waals surface area contributed by atoms with Crippen LogP contribution in [0.15, 0.2) is 65.9 Å². The fourth-order valence-corrected chi connectivity index (χ4v) is 4.41. The van der Waals surface area contributed by atoms with Gasteiger partial charge in [-0.1, -0.05) is 50.3 Å². The average Bonchev–Trinajstić information content (AvgIpc) is 3.12. The number of aryl methyl sites for hydroxylation is 1. The van der Waals surface area contributed by atoms with Gasteiger partial charge >= 0.3 is 0 Å². The van der Waals surface area contributed by atoms with Crippen LogP contribution in [0.3, 0.4) is 0 Å². The number of amides is 1. The van der Waals surface area contributed by atoms with Gasteiger partial charge in [-0.3, -0.25) is 14.4 Å². The number of carbonyl (C=O) groups is 1. The summed E-state index contributed by atoms with van der Waals surface area (Å²) in [5.74, 6) is 0.400. The molecule has 28 heavy (non-hydrogen) atoms. The Labute approximate surface area is 164 Å². The summed E-state index contributed by atoms with van der Waals surface area (Å²) in [5.41, 5.74) is -0.108. The predicted octanol–water partition coefficient (Wildman–Crippen LogP) is 2.48. The number of carbonyl (C=O) groups excluding carboxylic acids is 1. The normalized spacial score (nSPS) is 26.2. The van der Waals surface area contributed by atoms with Crippen LogP contribution in [0.5, 0.6) is 0 Å². The van der Waals surface area contributed by atoms with Crippen molar-refractivity contribution in [2.24, 2.45) is 12.5 Å². The second-order valence-corrected chi connectivity index (χ2v) is 7.89. The van der Waals surface area contributed by atoms with Crippen molar-refractivity contribution in [1.29, 1.82) is 5.26 Å². The number of aliphatic hydroxyl groups is 1. The van der Waals surface area contributed by atoms with E-state index in [0.29, 0.717) is 12.4 Å². The van der Waals surface area contributed by atoms with E-state index < -0.39 is 16.9 Å². The fraction of sp³-hybridized carbons (Fsp3) is 0.318. The molecule has 2 aliphatic rings. The highest BCUT2D eigenvalue weighted by Gasteiger charge is 2.57. The summed E-state index contributed by atoms with van der Waals surface area (Å²) in [5, 5.41) is 24.9. The number of hydrogen-bond donors (Lipinski definition) is 1. The van der Waals surface area contributed by atoms with E-state index in [9.17, 15) is 15.2 Å². The van der Waals surface area contributed by atoms with Gasteiger partial charge in [0.05, 0.1) is 17.7 Å². The second-order valence-electron chi connectivity index (χ2n) is 7.89. The van der Waals surface area contributed by atoms with Gasteiger partial charge in [0.1, 0.15) is 5.41 Å². The number of nitriles is 1. The molecule has 0 radical (unpaired) electrons. The van der Waals surface area contributed by atoms with Crippen LogP contribution < -0.4 is 4.90 Å². The number of nitrogens with zero attached hydrogens (tertiary/aromatic N) is 4. The standard InChI is InChI=1S/C22H22N4O2/c1-21(2)17-9-12-26(18-10-11-25(3)24-18)20(28)22(17,13-15(14-23)19(21)27)16-7-5-4-6-8-16/h4-11,13,19,27H,12H2,1-3H3/t19?,22-/m1/s1.